The van der Waals surface area contributed by atoms with E-state index in [0.29, 0.717) is 11.6 Å². The number of benzene rings is 2. The van der Waals surface area contributed by atoms with Crippen molar-refractivity contribution in [3.05, 3.63) is 64.0 Å². The van der Waals surface area contributed by atoms with Crippen LogP contribution in [0.3, 0.4) is 0 Å². The smallest absolute Gasteiger partial charge is 0.142 e. The van der Waals surface area contributed by atoms with E-state index in [0.717, 1.165) is 17.9 Å². The molecule has 0 aliphatic heterocycles. The third kappa shape index (κ3) is 3.05. The highest BCUT2D eigenvalue weighted by atomic mass is 35.5. The maximum absolute atomic E-state index is 6.27. The first kappa shape index (κ1) is 14.4. The highest BCUT2D eigenvalue weighted by Crippen LogP contribution is 2.31. The Morgan fingerprint density at radius 3 is 2.81 bits per heavy atom. The minimum Gasteiger partial charge on any atom is -0.487 e. The molecule has 0 fully saturated rings. The lowest BCUT2D eigenvalue weighted by Gasteiger charge is -2.12. The molecule has 0 radical (unpaired) electrons. The van der Waals surface area contributed by atoms with Crippen LogP contribution in [-0.2, 0) is 13.2 Å². The monoisotopic (exact) mass is 317 g/mol. The summed E-state index contributed by atoms with van der Waals surface area (Å²) in [5.41, 5.74) is 2.27. The van der Waals surface area contributed by atoms with Crippen molar-refractivity contribution in [1.82, 2.24) is 5.32 Å². The number of ether oxygens (including phenoxy) is 1. The van der Waals surface area contributed by atoms with E-state index in [4.69, 9.17) is 16.3 Å². The lowest BCUT2D eigenvalue weighted by molar-refractivity contribution is 0.304. The van der Waals surface area contributed by atoms with E-state index in [-0.39, 0.29) is 0 Å². The number of thiophene rings is 1. The van der Waals surface area contributed by atoms with Crippen LogP contribution >= 0.6 is 22.9 Å². The van der Waals surface area contributed by atoms with Crippen molar-refractivity contribution in [2.24, 2.45) is 0 Å². The molecule has 2 aromatic carbocycles. The summed E-state index contributed by atoms with van der Waals surface area (Å²) < 4.78 is 7.29. The number of para-hydroxylation sites is 1. The second-order valence-corrected chi connectivity index (χ2v) is 6.12. The molecular formula is C17H16ClNOS. The van der Waals surface area contributed by atoms with Gasteiger partial charge in [-0.3, -0.25) is 0 Å². The van der Waals surface area contributed by atoms with Gasteiger partial charge in [0, 0.05) is 22.4 Å². The molecule has 0 bridgehead atoms. The molecule has 0 saturated carbocycles. The second kappa shape index (κ2) is 6.48. The summed E-state index contributed by atoms with van der Waals surface area (Å²) in [6.45, 7) is 1.27. The molecule has 4 heteroatoms. The first-order valence-electron chi connectivity index (χ1n) is 6.79. The second-order valence-electron chi connectivity index (χ2n) is 4.80. The summed E-state index contributed by atoms with van der Waals surface area (Å²) in [6, 6.07) is 14.2. The molecule has 0 saturated heterocycles. The van der Waals surface area contributed by atoms with Crippen LogP contribution in [0.1, 0.15) is 11.1 Å². The topological polar surface area (TPSA) is 21.3 Å². The summed E-state index contributed by atoms with van der Waals surface area (Å²) in [7, 11) is 1.91. The normalized spacial score (nSPS) is 11.0. The minimum absolute atomic E-state index is 0.532. The maximum Gasteiger partial charge on any atom is 0.142 e. The Morgan fingerprint density at radius 1 is 1.10 bits per heavy atom. The van der Waals surface area contributed by atoms with Gasteiger partial charge >= 0.3 is 0 Å². The number of hydrogen-bond acceptors (Lipinski definition) is 3. The number of hydrogen-bond donors (Lipinski definition) is 1. The Balaban J connectivity index is 1.85. The van der Waals surface area contributed by atoms with E-state index in [1.165, 1.54) is 15.6 Å². The van der Waals surface area contributed by atoms with Crippen molar-refractivity contribution in [1.29, 1.82) is 0 Å². The zero-order valence-corrected chi connectivity index (χ0v) is 13.3. The molecule has 0 aliphatic rings. The molecule has 3 rings (SSSR count). The van der Waals surface area contributed by atoms with E-state index in [9.17, 15) is 0 Å². The van der Waals surface area contributed by atoms with E-state index in [2.05, 4.69) is 35.0 Å². The number of rotatable bonds is 5. The molecule has 0 amide bonds. The Morgan fingerprint density at radius 2 is 1.95 bits per heavy atom. The van der Waals surface area contributed by atoms with Gasteiger partial charge in [0.2, 0.25) is 0 Å². The lowest BCUT2D eigenvalue weighted by atomic mass is 10.2. The van der Waals surface area contributed by atoms with E-state index in [1.54, 1.807) is 11.3 Å². The average molecular weight is 318 g/mol. The van der Waals surface area contributed by atoms with Crippen LogP contribution in [0.4, 0.5) is 0 Å². The van der Waals surface area contributed by atoms with Gasteiger partial charge in [0.05, 0.1) is 5.02 Å². The molecule has 3 aromatic rings. The SMILES string of the molecule is CNCc1cccc(Cl)c1OCc1csc2ccccc12. The highest BCUT2D eigenvalue weighted by molar-refractivity contribution is 7.17. The first-order chi connectivity index (χ1) is 10.3. The van der Waals surface area contributed by atoms with Crippen LogP contribution in [0.5, 0.6) is 5.75 Å². The Bertz CT molecular complexity index is 753. The van der Waals surface area contributed by atoms with Gasteiger partial charge in [-0.05, 0) is 29.9 Å². The molecule has 1 heterocycles. The fourth-order valence-electron chi connectivity index (χ4n) is 2.34. The summed E-state index contributed by atoms with van der Waals surface area (Å²) >= 11 is 8.02. The van der Waals surface area contributed by atoms with Crippen LogP contribution in [0.25, 0.3) is 10.1 Å². The third-order valence-electron chi connectivity index (χ3n) is 3.35. The number of nitrogens with one attached hydrogen (secondary N) is 1. The fourth-order valence-corrected chi connectivity index (χ4v) is 3.54. The van der Waals surface area contributed by atoms with Crippen LogP contribution in [0.15, 0.2) is 47.8 Å². The first-order valence-corrected chi connectivity index (χ1v) is 8.05. The van der Waals surface area contributed by atoms with E-state index < -0.39 is 0 Å². The Labute approximate surface area is 133 Å². The molecule has 108 valence electrons. The van der Waals surface area contributed by atoms with Crippen molar-refractivity contribution in [2.45, 2.75) is 13.2 Å². The van der Waals surface area contributed by atoms with Crippen molar-refractivity contribution >= 4 is 33.0 Å². The zero-order valence-electron chi connectivity index (χ0n) is 11.7. The Kier molecular flexibility index (Phi) is 4.44. The number of fused-ring (bicyclic) bond motifs is 1. The van der Waals surface area contributed by atoms with Gasteiger partial charge in [-0.25, -0.2) is 0 Å². The van der Waals surface area contributed by atoms with Gasteiger partial charge in [-0.2, -0.15) is 0 Å². The van der Waals surface area contributed by atoms with Gasteiger partial charge in [-0.15, -0.1) is 11.3 Å². The van der Waals surface area contributed by atoms with Crippen LogP contribution in [0.2, 0.25) is 5.02 Å². The summed E-state index contributed by atoms with van der Waals surface area (Å²) in [5.74, 6) is 0.767. The van der Waals surface area contributed by atoms with Crippen LogP contribution in [0, 0.1) is 0 Å². The molecular weight excluding hydrogens is 302 g/mol. The molecule has 1 aromatic heterocycles. The third-order valence-corrected chi connectivity index (χ3v) is 4.66. The minimum atomic E-state index is 0.532. The predicted molar refractivity (Wildman–Crippen MR) is 90.4 cm³/mol. The van der Waals surface area contributed by atoms with Gasteiger partial charge in [-0.1, -0.05) is 41.9 Å². The predicted octanol–water partition coefficient (Wildman–Crippen LogP) is 4.85. The fraction of sp³-hybridized carbons (Fsp3) is 0.176. The molecule has 0 aliphatic carbocycles. The molecule has 0 spiro atoms. The van der Waals surface area contributed by atoms with Crippen molar-refractivity contribution < 1.29 is 4.74 Å². The summed E-state index contributed by atoms with van der Waals surface area (Å²) in [4.78, 5) is 0. The lowest BCUT2D eigenvalue weighted by Crippen LogP contribution is -2.07. The quantitative estimate of drug-likeness (QED) is 0.726. The van der Waals surface area contributed by atoms with Crippen molar-refractivity contribution in [3.8, 4) is 5.75 Å². The van der Waals surface area contributed by atoms with E-state index in [1.807, 2.05) is 25.2 Å². The number of halogens is 1. The van der Waals surface area contributed by atoms with Crippen molar-refractivity contribution in [3.63, 3.8) is 0 Å². The van der Waals surface area contributed by atoms with Gasteiger partial charge < -0.3 is 10.1 Å². The molecule has 0 unspecified atom stereocenters. The zero-order chi connectivity index (χ0) is 14.7. The van der Waals surface area contributed by atoms with Crippen molar-refractivity contribution in [2.75, 3.05) is 7.05 Å². The van der Waals surface area contributed by atoms with Crippen LogP contribution < -0.4 is 10.1 Å². The maximum atomic E-state index is 6.27. The van der Waals surface area contributed by atoms with Gasteiger partial charge in [0.15, 0.2) is 0 Å². The largest absolute Gasteiger partial charge is 0.487 e. The molecule has 2 nitrogen and oxygen atoms in total. The Hall–Kier alpha value is -1.55. The summed E-state index contributed by atoms with van der Waals surface area (Å²) in [6.07, 6.45) is 0. The van der Waals surface area contributed by atoms with Gasteiger partial charge in [0.25, 0.3) is 0 Å². The molecule has 1 N–H and O–H groups in total. The van der Waals surface area contributed by atoms with E-state index >= 15 is 0 Å². The highest BCUT2D eigenvalue weighted by Gasteiger charge is 2.10. The average Bonchev–Trinajstić information content (AvgIpc) is 2.90. The summed E-state index contributed by atoms with van der Waals surface area (Å²) in [5, 5.41) is 7.20. The molecule has 0 atom stereocenters. The standard InChI is InChI=1S/C17H16ClNOS/c1-19-9-12-5-4-7-15(18)17(12)20-10-13-11-21-16-8-3-2-6-14(13)16/h2-8,11,19H,9-10H2,1H3. The van der Waals surface area contributed by atoms with Crippen LogP contribution in [-0.4, -0.2) is 7.05 Å². The molecule has 21 heavy (non-hydrogen) atoms. The van der Waals surface area contributed by atoms with Gasteiger partial charge in [0.1, 0.15) is 12.4 Å².